The predicted molar refractivity (Wildman–Crippen MR) is 128 cm³/mol. The first-order chi connectivity index (χ1) is 16.3. The molecule has 3 aromatic rings. The molecule has 2 atom stereocenters. The zero-order chi connectivity index (χ0) is 24.3. The van der Waals surface area contributed by atoms with Crippen LogP contribution in [0.1, 0.15) is 52.7 Å². The molecule has 1 aliphatic rings. The van der Waals surface area contributed by atoms with Crippen molar-refractivity contribution in [3.63, 3.8) is 0 Å². The minimum absolute atomic E-state index is 0.133. The van der Waals surface area contributed by atoms with Crippen LogP contribution < -0.4 is 0 Å². The number of rotatable bonds is 7. The lowest BCUT2D eigenvalue weighted by molar-refractivity contribution is 0.0755. The van der Waals surface area contributed by atoms with Crippen molar-refractivity contribution < 1.29 is 13.7 Å². The smallest absolute Gasteiger partial charge is 0.276 e. The maximum absolute atomic E-state index is 14.6. The van der Waals surface area contributed by atoms with E-state index in [1.165, 1.54) is 6.07 Å². The van der Waals surface area contributed by atoms with Gasteiger partial charge in [-0.15, -0.1) is 0 Å². The number of benzene rings is 2. The van der Waals surface area contributed by atoms with E-state index in [0.717, 1.165) is 24.8 Å². The summed E-state index contributed by atoms with van der Waals surface area (Å²) in [5.74, 6) is 0.452. The first-order valence-corrected chi connectivity index (χ1v) is 11.8. The zero-order valence-corrected chi connectivity index (χ0v) is 20.1. The molecule has 34 heavy (non-hydrogen) atoms. The topological polar surface area (TPSA) is 70.1 Å². The Labute approximate surface area is 204 Å². The molecule has 0 spiro atoms. The molecule has 1 fully saturated rings. The van der Waals surface area contributed by atoms with Crippen molar-refractivity contribution in [2.75, 3.05) is 13.1 Å². The van der Waals surface area contributed by atoms with Crippen molar-refractivity contribution in [1.82, 2.24) is 10.1 Å². The molecule has 7 heteroatoms. The number of hydrogen-bond acceptors (Lipinski definition) is 4. The fourth-order valence-corrected chi connectivity index (χ4v) is 5.14. The molecule has 1 amide bonds. The summed E-state index contributed by atoms with van der Waals surface area (Å²) in [6.45, 7) is 5.16. The summed E-state index contributed by atoms with van der Waals surface area (Å²) < 4.78 is 19.7. The van der Waals surface area contributed by atoms with Crippen molar-refractivity contribution in [2.24, 2.45) is 11.3 Å². The highest BCUT2D eigenvalue weighted by Crippen LogP contribution is 2.42. The Kier molecular flexibility index (Phi) is 7.04. The van der Waals surface area contributed by atoms with Crippen molar-refractivity contribution in [2.45, 2.75) is 39.5 Å². The van der Waals surface area contributed by atoms with Crippen LogP contribution in [0.3, 0.4) is 0 Å². The number of likely N-dealkylation sites (tertiary alicyclic amines) is 1. The van der Waals surface area contributed by atoms with Crippen molar-refractivity contribution in [1.29, 1.82) is 5.26 Å². The summed E-state index contributed by atoms with van der Waals surface area (Å²) in [7, 11) is 0. The lowest BCUT2D eigenvalue weighted by atomic mass is 9.69. The highest BCUT2D eigenvalue weighted by Gasteiger charge is 2.40. The van der Waals surface area contributed by atoms with E-state index in [0.29, 0.717) is 47.1 Å². The second-order valence-electron chi connectivity index (χ2n) is 9.41. The number of halogens is 2. The molecule has 5 nitrogen and oxygen atoms in total. The second kappa shape index (κ2) is 9.99. The molecule has 0 bridgehead atoms. The van der Waals surface area contributed by atoms with Gasteiger partial charge in [-0.05, 0) is 73.3 Å². The highest BCUT2D eigenvalue weighted by molar-refractivity contribution is 6.31. The van der Waals surface area contributed by atoms with Gasteiger partial charge in [0, 0.05) is 19.2 Å². The number of hydrogen-bond donors (Lipinski definition) is 0. The SMILES string of the molecule is Cc1cc(C(=O)N2CCC([C@](C)(CCc3ccc(C#N)c(Cl)c3)Cc3ccccc3F)C2)no1. The van der Waals surface area contributed by atoms with Gasteiger partial charge in [-0.25, -0.2) is 4.39 Å². The maximum Gasteiger partial charge on any atom is 0.276 e. The number of aromatic nitrogens is 1. The molecule has 1 aliphatic heterocycles. The van der Waals surface area contributed by atoms with Gasteiger partial charge in [0.25, 0.3) is 5.91 Å². The molecule has 2 aromatic carbocycles. The van der Waals surface area contributed by atoms with Crippen LogP contribution in [0.15, 0.2) is 53.1 Å². The zero-order valence-electron chi connectivity index (χ0n) is 19.4. The van der Waals surface area contributed by atoms with Crippen molar-refractivity contribution in [3.8, 4) is 6.07 Å². The van der Waals surface area contributed by atoms with Crippen LogP contribution in [0, 0.1) is 35.4 Å². The van der Waals surface area contributed by atoms with Crippen LogP contribution in [0.2, 0.25) is 5.02 Å². The van der Waals surface area contributed by atoms with E-state index < -0.39 is 0 Å². The Morgan fingerprint density at radius 2 is 2.12 bits per heavy atom. The monoisotopic (exact) mass is 479 g/mol. The number of amides is 1. The Balaban J connectivity index is 1.55. The molecule has 0 saturated carbocycles. The van der Waals surface area contributed by atoms with Crippen LogP contribution in [-0.2, 0) is 12.8 Å². The number of carbonyl (C=O) groups is 1. The van der Waals surface area contributed by atoms with Gasteiger partial charge in [-0.1, -0.05) is 47.9 Å². The van der Waals surface area contributed by atoms with Crippen molar-refractivity contribution >= 4 is 17.5 Å². The minimum Gasteiger partial charge on any atom is -0.361 e. The quantitative estimate of drug-likeness (QED) is 0.417. The summed E-state index contributed by atoms with van der Waals surface area (Å²) in [6.07, 6.45) is 2.93. The third-order valence-corrected chi connectivity index (χ3v) is 7.31. The van der Waals surface area contributed by atoms with E-state index in [9.17, 15) is 9.18 Å². The predicted octanol–water partition coefficient (Wildman–Crippen LogP) is 5.99. The number of aryl methyl sites for hydroxylation is 2. The van der Waals surface area contributed by atoms with E-state index in [-0.39, 0.29) is 23.1 Å². The molecule has 0 aliphatic carbocycles. The third kappa shape index (κ3) is 5.15. The van der Waals surface area contributed by atoms with Gasteiger partial charge in [0.1, 0.15) is 17.6 Å². The molecule has 1 saturated heterocycles. The van der Waals surface area contributed by atoms with Gasteiger partial charge in [0.2, 0.25) is 0 Å². The Hall–Kier alpha value is -3.17. The van der Waals surface area contributed by atoms with Crippen LogP contribution >= 0.6 is 11.6 Å². The molecule has 1 unspecified atom stereocenters. The average molecular weight is 480 g/mol. The third-order valence-electron chi connectivity index (χ3n) is 7.00. The van der Waals surface area contributed by atoms with Crippen LogP contribution in [0.25, 0.3) is 0 Å². The summed E-state index contributed by atoms with van der Waals surface area (Å²) in [4.78, 5) is 14.7. The van der Waals surface area contributed by atoms with E-state index in [1.54, 1.807) is 25.1 Å². The number of nitrogens with zero attached hydrogens (tertiary/aromatic N) is 3. The number of nitriles is 1. The van der Waals surface area contributed by atoms with E-state index in [4.69, 9.17) is 21.4 Å². The lowest BCUT2D eigenvalue weighted by Gasteiger charge is -2.36. The normalized spacial score (nSPS) is 17.4. The largest absolute Gasteiger partial charge is 0.361 e. The molecule has 1 aromatic heterocycles. The summed E-state index contributed by atoms with van der Waals surface area (Å²) >= 11 is 6.24. The molecular formula is C27H27ClFN3O2. The number of carbonyl (C=O) groups excluding carboxylic acids is 1. The van der Waals surface area contributed by atoms with Crippen LogP contribution in [0.4, 0.5) is 4.39 Å². The standard InChI is InChI=1S/C27H27ClFN3O2/c1-18-13-25(31-34-18)26(33)32-12-10-22(17-32)27(2,15-20-5-3-4-6-24(20)29)11-9-19-7-8-21(16-30)23(28)14-19/h3-8,13-14,22H,9-12,15,17H2,1-2H3/t22?,27-/m1/s1. The first-order valence-electron chi connectivity index (χ1n) is 11.4. The molecular weight excluding hydrogens is 453 g/mol. The molecule has 0 radical (unpaired) electrons. The van der Waals surface area contributed by atoms with Gasteiger partial charge in [-0.3, -0.25) is 4.79 Å². The van der Waals surface area contributed by atoms with E-state index >= 15 is 0 Å². The van der Waals surface area contributed by atoms with Crippen LogP contribution in [0.5, 0.6) is 0 Å². The lowest BCUT2D eigenvalue weighted by Crippen LogP contribution is -2.35. The highest BCUT2D eigenvalue weighted by atomic mass is 35.5. The molecule has 0 N–H and O–H groups in total. The Morgan fingerprint density at radius 1 is 1.32 bits per heavy atom. The molecule has 176 valence electrons. The fourth-order valence-electron chi connectivity index (χ4n) is 4.89. The first kappa shape index (κ1) is 24.0. The Morgan fingerprint density at radius 3 is 2.79 bits per heavy atom. The van der Waals surface area contributed by atoms with E-state index in [2.05, 4.69) is 18.1 Å². The summed E-state index contributed by atoms with van der Waals surface area (Å²) in [6, 6.07) is 16.1. The molecule has 2 heterocycles. The Bertz CT molecular complexity index is 1230. The van der Waals surface area contributed by atoms with E-state index in [1.807, 2.05) is 29.2 Å². The van der Waals surface area contributed by atoms with Gasteiger partial charge in [-0.2, -0.15) is 5.26 Å². The summed E-state index contributed by atoms with van der Waals surface area (Å²) in [5, 5.41) is 13.5. The van der Waals surface area contributed by atoms with Gasteiger partial charge in [0.05, 0.1) is 10.6 Å². The maximum atomic E-state index is 14.6. The van der Waals surface area contributed by atoms with Gasteiger partial charge < -0.3 is 9.42 Å². The second-order valence-corrected chi connectivity index (χ2v) is 9.81. The minimum atomic E-state index is -0.253. The molecule has 4 rings (SSSR count). The van der Waals surface area contributed by atoms with Crippen molar-refractivity contribution in [3.05, 3.63) is 87.5 Å². The average Bonchev–Trinajstić information content (AvgIpc) is 3.49. The van der Waals surface area contributed by atoms with Gasteiger partial charge >= 0.3 is 0 Å². The van der Waals surface area contributed by atoms with Crippen LogP contribution in [-0.4, -0.2) is 29.1 Å². The fraction of sp³-hybridized carbons (Fsp3) is 0.370. The summed E-state index contributed by atoms with van der Waals surface area (Å²) in [5.41, 5.74) is 2.23. The van der Waals surface area contributed by atoms with Gasteiger partial charge in [0.15, 0.2) is 5.69 Å².